The van der Waals surface area contributed by atoms with Gasteiger partial charge in [0.05, 0.1) is 0 Å². The molecule has 0 N–H and O–H groups in total. The summed E-state index contributed by atoms with van der Waals surface area (Å²) in [6.07, 6.45) is 3.00. The van der Waals surface area contributed by atoms with Gasteiger partial charge in [0.25, 0.3) is 5.91 Å². The Bertz CT molecular complexity index is 823. The Hall–Kier alpha value is -2.48. The number of rotatable bonds is 4. The molecule has 2 aromatic rings. The average Bonchev–Trinajstić information content (AvgIpc) is 2.98. The largest absolute Gasteiger partial charge is 0.484 e. The zero-order valence-corrected chi connectivity index (χ0v) is 16.2. The highest BCUT2D eigenvalue weighted by Gasteiger charge is 2.28. The molecule has 28 heavy (non-hydrogen) atoms. The van der Waals surface area contributed by atoms with Crippen molar-refractivity contribution in [3.05, 3.63) is 41.7 Å². The van der Waals surface area contributed by atoms with Crippen LogP contribution in [0.4, 0.5) is 4.39 Å². The van der Waals surface area contributed by atoms with Gasteiger partial charge in [-0.25, -0.2) is 4.39 Å². The molecule has 150 valence electrons. The number of ether oxygens (including phenoxy) is 1. The van der Waals surface area contributed by atoms with Crippen molar-refractivity contribution in [1.82, 2.24) is 24.6 Å². The van der Waals surface area contributed by atoms with E-state index in [0.29, 0.717) is 37.7 Å². The molecular formula is C20H26FN5O2. The summed E-state index contributed by atoms with van der Waals surface area (Å²) < 4.78 is 20.7. The molecule has 1 amide bonds. The van der Waals surface area contributed by atoms with E-state index in [1.807, 2.05) is 4.90 Å². The minimum absolute atomic E-state index is 0.0491. The van der Waals surface area contributed by atoms with Crippen LogP contribution in [0.1, 0.15) is 30.4 Å². The zero-order valence-electron chi connectivity index (χ0n) is 16.2. The van der Waals surface area contributed by atoms with Crippen LogP contribution in [0, 0.1) is 5.82 Å². The molecule has 4 rings (SSSR count). The van der Waals surface area contributed by atoms with Crippen LogP contribution >= 0.6 is 0 Å². The standard InChI is InChI=1S/C20H26FN5O2/c1-24-9-2-3-15(13-24)20-23-22-18-8-10-25(11-12-26(18)20)19(27)14-28-17-6-4-16(21)5-7-17/h4-7,15H,2-3,8-14H2,1H3. The molecule has 1 atom stereocenters. The molecule has 2 aliphatic rings. The van der Waals surface area contributed by atoms with E-state index in [9.17, 15) is 9.18 Å². The summed E-state index contributed by atoms with van der Waals surface area (Å²) in [6.45, 7) is 4.02. The topological polar surface area (TPSA) is 63.5 Å². The van der Waals surface area contributed by atoms with Crippen LogP contribution in [0.3, 0.4) is 0 Å². The van der Waals surface area contributed by atoms with Crippen LogP contribution in [-0.4, -0.2) is 70.3 Å². The molecule has 7 nitrogen and oxygen atoms in total. The minimum atomic E-state index is -0.325. The summed E-state index contributed by atoms with van der Waals surface area (Å²) >= 11 is 0. The number of aromatic nitrogens is 3. The Kier molecular flexibility index (Phi) is 5.57. The van der Waals surface area contributed by atoms with Crippen LogP contribution < -0.4 is 4.74 Å². The fraction of sp³-hybridized carbons (Fsp3) is 0.550. The number of hydrogen-bond donors (Lipinski definition) is 0. The summed E-state index contributed by atoms with van der Waals surface area (Å²) in [5, 5.41) is 8.88. The lowest BCUT2D eigenvalue weighted by molar-refractivity contribution is -0.133. The third-order valence-corrected chi connectivity index (χ3v) is 5.57. The highest BCUT2D eigenvalue weighted by atomic mass is 19.1. The third kappa shape index (κ3) is 4.16. The second-order valence-corrected chi connectivity index (χ2v) is 7.60. The molecular weight excluding hydrogens is 361 g/mol. The Morgan fingerprint density at radius 2 is 2.00 bits per heavy atom. The van der Waals surface area contributed by atoms with Crippen molar-refractivity contribution in [3.63, 3.8) is 0 Å². The van der Waals surface area contributed by atoms with Crippen molar-refractivity contribution in [3.8, 4) is 5.75 Å². The Balaban J connectivity index is 1.36. The summed E-state index contributed by atoms with van der Waals surface area (Å²) in [5.74, 6) is 2.52. The average molecular weight is 387 g/mol. The molecule has 0 aliphatic carbocycles. The first kappa shape index (κ1) is 18.9. The number of hydrogen-bond acceptors (Lipinski definition) is 5. The van der Waals surface area contributed by atoms with Gasteiger partial charge < -0.3 is 19.1 Å². The molecule has 1 fully saturated rings. The molecule has 1 aromatic carbocycles. The molecule has 0 radical (unpaired) electrons. The second-order valence-electron chi connectivity index (χ2n) is 7.60. The first-order chi connectivity index (χ1) is 13.6. The van der Waals surface area contributed by atoms with E-state index < -0.39 is 0 Å². The number of fused-ring (bicyclic) bond motifs is 1. The molecule has 0 bridgehead atoms. The molecule has 3 heterocycles. The maximum Gasteiger partial charge on any atom is 0.260 e. The van der Waals surface area contributed by atoms with Crippen LogP contribution in [0.15, 0.2) is 24.3 Å². The van der Waals surface area contributed by atoms with Crippen LogP contribution in [0.25, 0.3) is 0 Å². The summed E-state index contributed by atoms with van der Waals surface area (Å²) in [6, 6.07) is 5.70. The van der Waals surface area contributed by atoms with Crippen molar-refractivity contribution >= 4 is 5.91 Å². The molecule has 1 aromatic heterocycles. The highest BCUT2D eigenvalue weighted by Crippen LogP contribution is 2.26. The van der Waals surface area contributed by atoms with Gasteiger partial charge in [0.1, 0.15) is 23.2 Å². The van der Waals surface area contributed by atoms with Gasteiger partial charge in [-0.3, -0.25) is 4.79 Å². The molecule has 1 unspecified atom stereocenters. The number of piperidine rings is 1. The van der Waals surface area contributed by atoms with E-state index in [4.69, 9.17) is 4.74 Å². The van der Waals surface area contributed by atoms with Crippen molar-refractivity contribution in [2.75, 3.05) is 39.8 Å². The summed E-state index contributed by atoms with van der Waals surface area (Å²) in [7, 11) is 2.15. The third-order valence-electron chi connectivity index (χ3n) is 5.57. The number of halogens is 1. The second kappa shape index (κ2) is 8.26. The van der Waals surface area contributed by atoms with Gasteiger partial charge in [0.2, 0.25) is 0 Å². The number of likely N-dealkylation sites (N-methyl/N-ethyl adjacent to an activating group) is 1. The van der Waals surface area contributed by atoms with E-state index in [1.165, 1.54) is 30.7 Å². The first-order valence-corrected chi connectivity index (χ1v) is 9.87. The first-order valence-electron chi connectivity index (χ1n) is 9.87. The lowest BCUT2D eigenvalue weighted by Crippen LogP contribution is -2.37. The Morgan fingerprint density at radius 1 is 1.18 bits per heavy atom. The van der Waals surface area contributed by atoms with E-state index in [-0.39, 0.29) is 18.3 Å². The molecule has 1 saturated heterocycles. The quantitative estimate of drug-likeness (QED) is 0.799. The Labute approximate surface area is 164 Å². The maximum atomic E-state index is 13.0. The molecule has 0 saturated carbocycles. The minimum Gasteiger partial charge on any atom is -0.484 e. The number of carbonyl (C=O) groups excluding carboxylic acids is 1. The predicted octanol–water partition coefficient (Wildman–Crippen LogP) is 1.69. The highest BCUT2D eigenvalue weighted by molar-refractivity contribution is 5.77. The van der Waals surface area contributed by atoms with E-state index >= 15 is 0 Å². The molecule has 2 aliphatic heterocycles. The van der Waals surface area contributed by atoms with Crippen molar-refractivity contribution in [1.29, 1.82) is 0 Å². The fourth-order valence-electron chi connectivity index (χ4n) is 4.04. The van der Waals surface area contributed by atoms with Gasteiger partial charge in [-0.2, -0.15) is 0 Å². The molecule has 0 spiro atoms. The van der Waals surface area contributed by atoms with E-state index in [1.54, 1.807) is 0 Å². The fourth-order valence-corrected chi connectivity index (χ4v) is 4.04. The van der Waals surface area contributed by atoms with Crippen LogP contribution in [0.2, 0.25) is 0 Å². The number of nitrogens with zero attached hydrogens (tertiary/aromatic N) is 5. The smallest absolute Gasteiger partial charge is 0.260 e. The number of likely N-dealkylation sites (tertiary alicyclic amines) is 1. The summed E-state index contributed by atoms with van der Waals surface area (Å²) in [5.41, 5.74) is 0. The van der Waals surface area contributed by atoms with Crippen molar-refractivity contribution < 1.29 is 13.9 Å². The summed E-state index contributed by atoms with van der Waals surface area (Å²) in [4.78, 5) is 16.7. The normalized spacial score (nSPS) is 20.5. The Morgan fingerprint density at radius 3 is 2.79 bits per heavy atom. The van der Waals surface area contributed by atoms with Gasteiger partial charge in [-0.15, -0.1) is 10.2 Å². The van der Waals surface area contributed by atoms with Gasteiger partial charge in [0, 0.05) is 38.5 Å². The number of carbonyl (C=O) groups is 1. The van der Waals surface area contributed by atoms with Crippen molar-refractivity contribution in [2.45, 2.75) is 31.7 Å². The molecule has 8 heteroatoms. The van der Waals surface area contributed by atoms with Gasteiger partial charge in [-0.1, -0.05) is 0 Å². The van der Waals surface area contributed by atoms with Gasteiger partial charge >= 0.3 is 0 Å². The van der Waals surface area contributed by atoms with Crippen LogP contribution in [-0.2, 0) is 17.8 Å². The van der Waals surface area contributed by atoms with E-state index in [2.05, 4.69) is 26.7 Å². The monoisotopic (exact) mass is 387 g/mol. The number of benzene rings is 1. The zero-order chi connectivity index (χ0) is 19.5. The van der Waals surface area contributed by atoms with Gasteiger partial charge in [-0.05, 0) is 50.7 Å². The van der Waals surface area contributed by atoms with Crippen LogP contribution in [0.5, 0.6) is 5.75 Å². The number of amides is 1. The predicted molar refractivity (Wildman–Crippen MR) is 102 cm³/mol. The van der Waals surface area contributed by atoms with Gasteiger partial charge in [0.15, 0.2) is 6.61 Å². The lowest BCUT2D eigenvalue weighted by atomic mass is 9.97. The lowest BCUT2D eigenvalue weighted by Gasteiger charge is -2.29. The SMILES string of the molecule is CN1CCCC(c2nnc3n2CCN(C(=O)COc2ccc(F)cc2)CC3)C1. The maximum absolute atomic E-state index is 13.0. The van der Waals surface area contributed by atoms with Crippen molar-refractivity contribution in [2.24, 2.45) is 0 Å². The van der Waals surface area contributed by atoms with E-state index in [0.717, 1.165) is 31.2 Å².